The highest BCUT2D eigenvalue weighted by atomic mass is 35.5. The van der Waals surface area contributed by atoms with Crippen LogP contribution in [-0.2, 0) is 4.79 Å². The van der Waals surface area contributed by atoms with Gasteiger partial charge >= 0.3 is 5.97 Å². The predicted octanol–water partition coefficient (Wildman–Crippen LogP) is 3.44. The Morgan fingerprint density at radius 3 is 2.33 bits per heavy atom. The zero-order valence-corrected chi connectivity index (χ0v) is 9.64. The second kappa shape index (κ2) is 4.06. The van der Waals surface area contributed by atoms with Gasteiger partial charge in [0.15, 0.2) is 0 Å². The first kappa shape index (κ1) is 10.8. The smallest absolute Gasteiger partial charge is 0.320 e. The largest absolute Gasteiger partial charge is 0.480 e. The molecule has 1 aliphatic carbocycles. The van der Waals surface area contributed by atoms with E-state index in [2.05, 4.69) is 0 Å². The van der Waals surface area contributed by atoms with Crippen LogP contribution in [0, 0.1) is 0 Å². The summed E-state index contributed by atoms with van der Waals surface area (Å²) in [6, 6.07) is 7.32. The van der Waals surface area contributed by atoms with Crippen molar-refractivity contribution in [2.75, 3.05) is 0 Å². The fourth-order valence-electron chi connectivity index (χ4n) is 1.59. The van der Waals surface area contributed by atoms with Gasteiger partial charge in [0.1, 0.15) is 4.75 Å². The molecule has 4 heteroatoms. The zero-order chi connectivity index (χ0) is 10.9. The maximum atomic E-state index is 11.1. The molecule has 2 nitrogen and oxygen atoms in total. The SMILES string of the molecule is O=C(O)C1(Sc2ccc(Cl)cc2)CCC1. The van der Waals surface area contributed by atoms with Crippen LogP contribution in [0.2, 0.25) is 5.02 Å². The van der Waals surface area contributed by atoms with E-state index in [1.54, 1.807) is 12.1 Å². The van der Waals surface area contributed by atoms with E-state index in [1.165, 1.54) is 11.8 Å². The maximum absolute atomic E-state index is 11.1. The molecule has 0 aliphatic heterocycles. The average molecular weight is 243 g/mol. The van der Waals surface area contributed by atoms with Gasteiger partial charge in [-0.1, -0.05) is 11.6 Å². The topological polar surface area (TPSA) is 37.3 Å². The Kier molecular flexibility index (Phi) is 2.94. The van der Waals surface area contributed by atoms with Crippen molar-refractivity contribution in [1.29, 1.82) is 0 Å². The Morgan fingerprint density at radius 1 is 1.33 bits per heavy atom. The van der Waals surface area contributed by atoms with Gasteiger partial charge in [-0.3, -0.25) is 4.79 Å². The third-order valence-corrected chi connectivity index (χ3v) is 4.41. The summed E-state index contributed by atoms with van der Waals surface area (Å²) < 4.78 is -0.589. The molecule has 1 aliphatic rings. The van der Waals surface area contributed by atoms with Gasteiger partial charge in [0, 0.05) is 9.92 Å². The van der Waals surface area contributed by atoms with Crippen LogP contribution in [0.25, 0.3) is 0 Å². The number of benzene rings is 1. The summed E-state index contributed by atoms with van der Waals surface area (Å²) in [7, 11) is 0. The summed E-state index contributed by atoms with van der Waals surface area (Å²) in [5.41, 5.74) is 0. The highest BCUT2D eigenvalue weighted by molar-refractivity contribution is 8.01. The molecule has 15 heavy (non-hydrogen) atoms. The molecule has 0 radical (unpaired) electrons. The quantitative estimate of drug-likeness (QED) is 0.882. The lowest BCUT2D eigenvalue weighted by molar-refractivity contribution is -0.142. The van der Waals surface area contributed by atoms with Crippen LogP contribution in [0.3, 0.4) is 0 Å². The van der Waals surface area contributed by atoms with Crippen LogP contribution < -0.4 is 0 Å². The summed E-state index contributed by atoms with van der Waals surface area (Å²) in [5.74, 6) is -0.700. The summed E-state index contributed by atoms with van der Waals surface area (Å²) >= 11 is 7.20. The average Bonchev–Trinajstić information content (AvgIpc) is 2.13. The number of carbonyl (C=O) groups is 1. The molecule has 0 saturated heterocycles. The Hall–Kier alpha value is -0.670. The normalized spacial score (nSPS) is 18.2. The van der Waals surface area contributed by atoms with Crippen molar-refractivity contribution in [3.05, 3.63) is 29.3 Å². The second-order valence-electron chi connectivity index (χ2n) is 3.71. The summed E-state index contributed by atoms with van der Waals surface area (Å²) in [4.78, 5) is 12.1. The van der Waals surface area contributed by atoms with Gasteiger partial charge in [0.2, 0.25) is 0 Å². The molecule has 0 aromatic heterocycles. The van der Waals surface area contributed by atoms with Gasteiger partial charge in [-0.25, -0.2) is 0 Å². The molecule has 1 aromatic rings. The maximum Gasteiger partial charge on any atom is 0.320 e. The van der Waals surface area contributed by atoms with Crippen LogP contribution in [0.5, 0.6) is 0 Å². The fraction of sp³-hybridized carbons (Fsp3) is 0.364. The summed E-state index contributed by atoms with van der Waals surface area (Å²) in [6.45, 7) is 0. The lowest BCUT2D eigenvalue weighted by atomic mass is 9.84. The van der Waals surface area contributed by atoms with E-state index < -0.39 is 10.7 Å². The van der Waals surface area contributed by atoms with Crippen molar-refractivity contribution in [3.63, 3.8) is 0 Å². The Labute approximate surface area is 97.6 Å². The summed E-state index contributed by atoms with van der Waals surface area (Å²) in [6.07, 6.45) is 2.53. The van der Waals surface area contributed by atoms with Gasteiger partial charge in [-0.2, -0.15) is 0 Å². The van der Waals surface area contributed by atoms with Crippen molar-refractivity contribution < 1.29 is 9.90 Å². The fourth-order valence-corrected chi connectivity index (χ4v) is 3.02. The monoisotopic (exact) mass is 242 g/mol. The number of hydrogen-bond acceptors (Lipinski definition) is 2. The van der Waals surface area contributed by atoms with Crippen LogP contribution in [0.15, 0.2) is 29.2 Å². The van der Waals surface area contributed by atoms with Crippen molar-refractivity contribution >= 4 is 29.3 Å². The van der Waals surface area contributed by atoms with Gasteiger partial charge in [0.05, 0.1) is 0 Å². The van der Waals surface area contributed by atoms with Crippen molar-refractivity contribution in [3.8, 4) is 0 Å². The number of aliphatic carboxylic acids is 1. The minimum atomic E-state index is -0.700. The molecular weight excluding hydrogens is 232 g/mol. The minimum absolute atomic E-state index is 0.589. The van der Waals surface area contributed by atoms with Crippen LogP contribution in [0.4, 0.5) is 0 Å². The number of carboxylic acid groups (broad SMARTS) is 1. The molecule has 0 heterocycles. The number of thioether (sulfide) groups is 1. The lowest BCUT2D eigenvalue weighted by Crippen LogP contribution is -2.41. The van der Waals surface area contributed by atoms with Gasteiger partial charge in [-0.15, -0.1) is 11.8 Å². The van der Waals surface area contributed by atoms with Crippen molar-refractivity contribution in [1.82, 2.24) is 0 Å². The minimum Gasteiger partial charge on any atom is -0.480 e. The van der Waals surface area contributed by atoms with Gasteiger partial charge < -0.3 is 5.11 Å². The van der Waals surface area contributed by atoms with Gasteiger partial charge in [-0.05, 0) is 43.5 Å². The lowest BCUT2D eigenvalue weighted by Gasteiger charge is -2.36. The number of hydrogen-bond donors (Lipinski definition) is 1. The molecule has 80 valence electrons. The van der Waals surface area contributed by atoms with Crippen LogP contribution >= 0.6 is 23.4 Å². The van der Waals surface area contributed by atoms with Crippen molar-refractivity contribution in [2.24, 2.45) is 0 Å². The standard InChI is InChI=1S/C11H11ClO2S/c12-8-2-4-9(5-3-8)15-11(10(13)14)6-1-7-11/h2-5H,1,6-7H2,(H,13,14). The molecule has 2 rings (SSSR count). The molecule has 0 bridgehead atoms. The molecule has 0 atom stereocenters. The summed E-state index contributed by atoms with van der Waals surface area (Å²) in [5, 5.41) is 9.83. The molecule has 0 spiro atoms. The third kappa shape index (κ3) is 2.13. The molecule has 0 amide bonds. The van der Waals surface area contributed by atoms with E-state index >= 15 is 0 Å². The second-order valence-corrected chi connectivity index (χ2v) is 5.60. The first-order valence-corrected chi connectivity index (χ1v) is 6.00. The molecule has 0 unspecified atom stereocenters. The highest BCUT2D eigenvalue weighted by Gasteiger charge is 2.45. The Bertz CT molecular complexity index is 371. The van der Waals surface area contributed by atoms with E-state index in [0.717, 1.165) is 24.2 Å². The van der Waals surface area contributed by atoms with E-state index in [4.69, 9.17) is 16.7 Å². The van der Waals surface area contributed by atoms with Gasteiger partial charge in [0.25, 0.3) is 0 Å². The van der Waals surface area contributed by atoms with Crippen LogP contribution in [0.1, 0.15) is 19.3 Å². The molecule has 1 fully saturated rings. The van der Waals surface area contributed by atoms with E-state index in [9.17, 15) is 4.79 Å². The molecule has 1 saturated carbocycles. The first-order valence-electron chi connectivity index (χ1n) is 4.80. The predicted molar refractivity (Wildman–Crippen MR) is 61.5 cm³/mol. The Balaban J connectivity index is 2.13. The molecule has 1 N–H and O–H groups in total. The van der Waals surface area contributed by atoms with E-state index in [1.807, 2.05) is 12.1 Å². The van der Waals surface area contributed by atoms with Crippen LogP contribution in [-0.4, -0.2) is 15.8 Å². The zero-order valence-electron chi connectivity index (χ0n) is 8.07. The van der Waals surface area contributed by atoms with E-state index in [-0.39, 0.29) is 0 Å². The number of carboxylic acids is 1. The van der Waals surface area contributed by atoms with Crippen molar-refractivity contribution in [2.45, 2.75) is 28.9 Å². The number of halogens is 1. The Morgan fingerprint density at radius 2 is 1.93 bits per heavy atom. The number of rotatable bonds is 3. The highest BCUT2D eigenvalue weighted by Crippen LogP contribution is 2.47. The van der Waals surface area contributed by atoms with E-state index in [0.29, 0.717) is 5.02 Å². The molecular formula is C11H11ClO2S. The molecule has 1 aromatic carbocycles. The first-order chi connectivity index (χ1) is 7.12. The third-order valence-electron chi connectivity index (χ3n) is 2.68.